The number of ether oxygens (including phenoxy) is 1. The van der Waals surface area contributed by atoms with Gasteiger partial charge in [0.2, 0.25) is 0 Å². The Morgan fingerprint density at radius 1 is 1.00 bits per heavy atom. The quantitative estimate of drug-likeness (QED) is 0.917. The van der Waals surface area contributed by atoms with Gasteiger partial charge in [0.1, 0.15) is 24.3 Å². The number of halogens is 1. The van der Waals surface area contributed by atoms with Crippen LogP contribution in [0.1, 0.15) is 28.4 Å². The molecule has 0 heterocycles. The SMILES string of the molecule is Cc1ccc(C(O)COc2ccc(F)cc2C)cc1C. The van der Waals surface area contributed by atoms with Gasteiger partial charge in [0.05, 0.1) is 0 Å². The second-order valence-electron chi connectivity index (χ2n) is 5.08. The number of aliphatic hydroxyl groups is 1. The summed E-state index contributed by atoms with van der Waals surface area (Å²) in [6, 6.07) is 10.2. The summed E-state index contributed by atoms with van der Waals surface area (Å²) in [5, 5.41) is 10.1. The van der Waals surface area contributed by atoms with Crippen LogP contribution in [0.25, 0.3) is 0 Å². The van der Waals surface area contributed by atoms with Gasteiger partial charge in [0.25, 0.3) is 0 Å². The largest absolute Gasteiger partial charge is 0.490 e. The lowest BCUT2D eigenvalue weighted by molar-refractivity contribution is 0.107. The standard InChI is InChI=1S/C17H19FO2/c1-11-4-5-14(8-12(11)2)16(19)10-20-17-7-6-15(18)9-13(17)3/h4-9,16,19H,10H2,1-3H3. The first-order valence-corrected chi connectivity index (χ1v) is 6.61. The summed E-state index contributed by atoms with van der Waals surface area (Å²) in [4.78, 5) is 0. The smallest absolute Gasteiger partial charge is 0.123 e. The van der Waals surface area contributed by atoms with Gasteiger partial charge >= 0.3 is 0 Å². The molecule has 0 aliphatic heterocycles. The number of rotatable bonds is 4. The average molecular weight is 274 g/mol. The molecule has 0 aromatic heterocycles. The molecule has 0 spiro atoms. The topological polar surface area (TPSA) is 29.5 Å². The third kappa shape index (κ3) is 3.36. The fraction of sp³-hybridized carbons (Fsp3) is 0.294. The normalized spacial score (nSPS) is 12.2. The minimum absolute atomic E-state index is 0.148. The summed E-state index contributed by atoms with van der Waals surface area (Å²) < 4.78 is 18.6. The number of benzene rings is 2. The Hall–Kier alpha value is -1.87. The Bertz CT molecular complexity index is 608. The van der Waals surface area contributed by atoms with Gasteiger partial charge in [-0.15, -0.1) is 0 Å². The molecule has 2 rings (SSSR count). The third-order valence-electron chi connectivity index (χ3n) is 3.45. The van der Waals surface area contributed by atoms with Crippen LogP contribution in [0.3, 0.4) is 0 Å². The van der Waals surface area contributed by atoms with E-state index in [0.717, 1.165) is 16.7 Å². The van der Waals surface area contributed by atoms with E-state index in [1.807, 2.05) is 32.0 Å². The Morgan fingerprint density at radius 2 is 1.75 bits per heavy atom. The molecule has 0 aliphatic rings. The van der Waals surface area contributed by atoms with E-state index < -0.39 is 6.10 Å². The van der Waals surface area contributed by atoms with Crippen molar-refractivity contribution in [3.05, 3.63) is 64.5 Å². The number of hydrogen-bond donors (Lipinski definition) is 1. The number of aryl methyl sites for hydroxylation is 3. The van der Waals surface area contributed by atoms with E-state index in [4.69, 9.17) is 4.74 Å². The first-order chi connectivity index (χ1) is 9.47. The van der Waals surface area contributed by atoms with Crippen molar-refractivity contribution < 1.29 is 14.2 Å². The van der Waals surface area contributed by atoms with Crippen molar-refractivity contribution in [3.8, 4) is 5.75 Å². The Kier molecular flexibility index (Phi) is 4.40. The fourth-order valence-electron chi connectivity index (χ4n) is 2.01. The van der Waals surface area contributed by atoms with Crippen LogP contribution in [-0.4, -0.2) is 11.7 Å². The molecule has 2 aromatic rings. The molecule has 0 bridgehead atoms. The van der Waals surface area contributed by atoms with E-state index in [1.165, 1.54) is 17.7 Å². The predicted molar refractivity (Wildman–Crippen MR) is 77.5 cm³/mol. The summed E-state index contributed by atoms with van der Waals surface area (Å²) in [5.74, 6) is 0.304. The zero-order valence-corrected chi connectivity index (χ0v) is 12.0. The van der Waals surface area contributed by atoms with Crippen LogP contribution in [0, 0.1) is 26.6 Å². The summed E-state index contributed by atoms with van der Waals surface area (Å²) in [5.41, 5.74) is 3.88. The van der Waals surface area contributed by atoms with Gasteiger partial charge in [-0.2, -0.15) is 0 Å². The maximum atomic E-state index is 13.0. The van der Waals surface area contributed by atoms with Crippen molar-refractivity contribution in [2.75, 3.05) is 6.61 Å². The van der Waals surface area contributed by atoms with Crippen LogP contribution in [0.15, 0.2) is 36.4 Å². The van der Waals surface area contributed by atoms with E-state index in [9.17, 15) is 9.50 Å². The van der Waals surface area contributed by atoms with Crippen LogP contribution >= 0.6 is 0 Å². The second kappa shape index (κ2) is 6.06. The summed E-state index contributed by atoms with van der Waals surface area (Å²) >= 11 is 0. The number of aliphatic hydroxyl groups excluding tert-OH is 1. The summed E-state index contributed by atoms with van der Waals surface area (Å²) in [7, 11) is 0. The van der Waals surface area contributed by atoms with E-state index >= 15 is 0 Å². The van der Waals surface area contributed by atoms with E-state index in [1.54, 1.807) is 13.0 Å². The van der Waals surface area contributed by atoms with E-state index in [0.29, 0.717) is 5.75 Å². The molecule has 0 saturated heterocycles. The third-order valence-corrected chi connectivity index (χ3v) is 3.45. The van der Waals surface area contributed by atoms with E-state index in [2.05, 4.69) is 0 Å². The Balaban J connectivity index is 2.04. The lowest BCUT2D eigenvalue weighted by atomic mass is 10.0. The van der Waals surface area contributed by atoms with Gasteiger partial charge in [-0.3, -0.25) is 0 Å². The Labute approximate surface area is 118 Å². The maximum absolute atomic E-state index is 13.0. The molecule has 0 aliphatic carbocycles. The monoisotopic (exact) mass is 274 g/mol. The Morgan fingerprint density at radius 3 is 2.40 bits per heavy atom. The average Bonchev–Trinajstić information content (AvgIpc) is 2.40. The molecule has 2 nitrogen and oxygen atoms in total. The highest BCUT2D eigenvalue weighted by molar-refractivity contribution is 5.33. The van der Waals surface area contributed by atoms with Gasteiger partial charge in [-0.05, 0) is 61.2 Å². The number of hydrogen-bond acceptors (Lipinski definition) is 2. The van der Waals surface area contributed by atoms with Crippen molar-refractivity contribution in [3.63, 3.8) is 0 Å². The molecule has 1 atom stereocenters. The molecular formula is C17H19FO2. The molecular weight excluding hydrogens is 255 g/mol. The van der Waals surface area contributed by atoms with Crippen molar-refractivity contribution in [1.82, 2.24) is 0 Å². The van der Waals surface area contributed by atoms with Gasteiger partial charge in [0, 0.05) is 0 Å². The van der Waals surface area contributed by atoms with Crippen LogP contribution in [0.2, 0.25) is 0 Å². The first-order valence-electron chi connectivity index (χ1n) is 6.61. The van der Waals surface area contributed by atoms with Crippen molar-refractivity contribution in [2.45, 2.75) is 26.9 Å². The first kappa shape index (κ1) is 14.5. The zero-order valence-electron chi connectivity index (χ0n) is 12.0. The molecule has 0 radical (unpaired) electrons. The van der Waals surface area contributed by atoms with Crippen LogP contribution in [-0.2, 0) is 0 Å². The van der Waals surface area contributed by atoms with Crippen molar-refractivity contribution >= 4 is 0 Å². The maximum Gasteiger partial charge on any atom is 0.123 e. The minimum Gasteiger partial charge on any atom is -0.490 e. The molecule has 1 N–H and O–H groups in total. The van der Waals surface area contributed by atoms with Crippen LogP contribution in [0.5, 0.6) is 5.75 Å². The van der Waals surface area contributed by atoms with Crippen LogP contribution in [0.4, 0.5) is 4.39 Å². The molecule has 20 heavy (non-hydrogen) atoms. The fourth-order valence-corrected chi connectivity index (χ4v) is 2.01. The molecule has 2 aromatic carbocycles. The highest BCUT2D eigenvalue weighted by Gasteiger charge is 2.10. The minimum atomic E-state index is -0.696. The lowest BCUT2D eigenvalue weighted by Crippen LogP contribution is -2.10. The summed E-state index contributed by atoms with van der Waals surface area (Å²) in [6.07, 6.45) is -0.696. The van der Waals surface area contributed by atoms with Gasteiger partial charge in [-0.25, -0.2) is 4.39 Å². The van der Waals surface area contributed by atoms with Crippen molar-refractivity contribution in [2.24, 2.45) is 0 Å². The zero-order chi connectivity index (χ0) is 14.7. The molecule has 106 valence electrons. The van der Waals surface area contributed by atoms with Crippen molar-refractivity contribution in [1.29, 1.82) is 0 Å². The van der Waals surface area contributed by atoms with Gasteiger partial charge in [0.15, 0.2) is 0 Å². The second-order valence-corrected chi connectivity index (χ2v) is 5.08. The highest BCUT2D eigenvalue weighted by Crippen LogP contribution is 2.22. The molecule has 0 saturated carbocycles. The van der Waals surface area contributed by atoms with Gasteiger partial charge < -0.3 is 9.84 Å². The molecule has 0 amide bonds. The summed E-state index contributed by atoms with van der Waals surface area (Å²) in [6.45, 7) is 5.97. The van der Waals surface area contributed by atoms with E-state index in [-0.39, 0.29) is 12.4 Å². The lowest BCUT2D eigenvalue weighted by Gasteiger charge is -2.15. The predicted octanol–water partition coefficient (Wildman–Crippen LogP) is 3.86. The van der Waals surface area contributed by atoms with Crippen LogP contribution < -0.4 is 4.74 Å². The molecule has 3 heteroatoms. The van der Waals surface area contributed by atoms with Gasteiger partial charge in [-0.1, -0.05) is 18.2 Å². The molecule has 0 fully saturated rings. The highest BCUT2D eigenvalue weighted by atomic mass is 19.1. The molecule has 1 unspecified atom stereocenters.